The first-order chi connectivity index (χ1) is 16.0. The van der Waals surface area contributed by atoms with E-state index < -0.39 is 64.2 Å². The summed E-state index contributed by atoms with van der Waals surface area (Å²) in [4.78, 5) is 6.57. The minimum absolute atomic E-state index is 0.0481. The van der Waals surface area contributed by atoms with Crippen LogP contribution in [0.5, 0.6) is 0 Å². The zero-order chi connectivity index (χ0) is 30.1. The minimum Gasteiger partial charge on any atom is -0.544 e. The van der Waals surface area contributed by atoms with Crippen LogP contribution in [0.2, 0.25) is 0 Å². The number of rotatable bonds is 10. The topological polar surface area (TPSA) is 98.8 Å². The summed E-state index contributed by atoms with van der Waals surface area (Å²) >= 11 is 0. The molecule has 1 fully saturated rings. The summed E-state index contributed by atoms with van der Waals surface area (Å²) in [5.74, 6) is -7.59. The maximum Gasteiger partial charge on any atom is 0.439 e. The molecule has 0 aliphatic carbocycles. The number of carbonyl (C=O) groups excluding carboxylic acids is 1. The Morgan fingerprint density at radius 3 is 1.70 bits per heavy atom. The lowest BCUT2D eigenvalue weighted by atomic mass is 10.2. The summed E-state index contributed by atoms with van der Waals surface area (Å²) < 4.78 is 201. The highest BCUT2D eigenvalue weighted by atomic mass is 32.3. The maximum atomic E-state index is 13.0. The molecular formula is C14H17F14N3O5S. The van der Waals surface area contributed by atoms with Crippen LogP contribution in [0.15, 0.2) is 0 Å². The lowest BCUT2D eigenvalue weighted by molar-refractivity contribution is -0.884. The van der Waals surface area contributed by atoms with Crippen molar-refractivity contribution in [3.8, 4) is 0 Å². The summed E-state index contributed by atoms with van der Waals surface area (Å²) in [7, 11) is -1.32. The van der Waals surface area contributed by atoms with Gasteiger partial charge in [-0.15, -0.1) is 0 Å². The number of nitrogens with zero attached hydrogens (tertiary/aromatic N) is 2. The Morgan fingerprint density at radius 2 is 1.38 bits per heavy atom. The van der Waals surface area contributed by atoms with E-state index in [-0.39, 0.29) is 17.6 Å². The zero-order valence-electron chi connectivity index (χ0n) is 18.2. The lowest BCUT2D eigenvalue weighted by Crippen LogP contribution is -2.80. The number of aliphatic carboxylic acids is 1. The number of ether oxygens (including phenoxy) is 1. The van der Waals surface area contributed by atoms with E-state index in [1.54, 1.807) is 23.6 Å². The predicted molar refractivity (Wildman–Crippen MR) is 88.1 cm³/mol. The minimum atomic E-state index is -7.12. The molecule has 0 saturated carbocycles. The molecule has 1 heterocycles. The molecule has 0 bridgehead atoms. The Kier molecular flexibility index (Phi) is 10.3. The van der Waals surface area contributed by atoms with Crippen molar-refractivity contribution >= 4 is 16.4 Å². The van der Waals surface area contributed by atoms with Crippen molar-refractivity contribution in [3.05, 3.63) is 0 Å². The summed E-state index contributed by atoms with van der Waals surface area (Å²) in [6, 6.07) is -21.2. The molecule has 1 saturated heterocycles. The van der Waals surface area contributed by atoms with Crippen molar-refractivity contribution < 1.29 is 88.5 Å². The third-order valence-electron chi connectivity index (χ3n) is 4.18. The van der Waals surface area contributed by atoms with Crippen LogP contribution >= 0.6 is 0 Å². The Morgan fingerprint density at radius 1 is 0.973 bits per heavy atom. The van der Waals surface area contributed by atoms with Crippen molar-refractivity contribution in [3.63, 3.8) is 0 Å². The van der Waals surface area contributed by atoms with E-state index in [0.717, 1.165) is 0 Å². The Labute approximate surface area is 198 Å². The molecule has 1 rings (SSSR count). The number of hydrogen-bond acceptors (Lipinski definition) is 6. The number of carbonyl (C=O) groups is 1. The summed E-state index contributed by atoms with van der Waals surface area (Å²) in [5.41, 5.74) is 0. The van der Waals surface area contributed by atoms with Gasteiger partial charge in [-0.2, -0.15) is 65.8 Å². The Balaban J connectivity index is 0.000000757. The van der Waals surface area contributed by atoms with Crippen LogP contribution in [-0.2, 0) is 19.9 Å². The first-order valence-corrected chi connectivity index (χ1v) is 10.4. The number of hydrogen-bond donors (Lipinski definition) is 1. The van der Waals surface area contributed by atoms with Gasteiger partial charge < -0.3 is 14.4 Å². The molecule has 0 aromatic heterocycles. The van der Waals surface area contributed by atoms with Crippen LogP contribution in [0.1, 0.15) is 6.42 Å². The molecule has 23 heteroatoms. The molecule has 222 valence electrons. The second kappa shape index (κ2) is 10.8. The van der Waals surface area contributed by atoms with Gasteiger partial charge >= 0.3 is 46.7 Å². The molecule has 1 aliphatic heterocycles. The third kappa shape index (κ3) is 8.13. The number of carboxylic acids is 1. The van der Waals surface area contributed by atoms with Crippen LogP contribution in [0.3, 0.4) is 0 Å². The highest BCUT2D eigenvalue weighted by Crippen LogP contribution is 2.60. The van der Waals surface area contributed by atoms with Crippen LogP contribution in [0, 0.1) is 0 Å². The van der Waals surface area contributed by atoms with Crippen molar-refractivity contribution in [2.45, 2.75) is 42.7 Å². The molecule has 0 amide bonds. The SMILES string of the molecule is C[N+](C)(CCCNS(=O)(=O)F)CC(=O)[O-].FCC(F)(F)C(F)(F)N1C(F)(F)C(F)(F)OC(F)(F)C1(F)F. The van der Waals surface area contributed by atoms with Crippen LogP contribution in [0.25, 0.3) is 0 Å². The lowest BCUT2D eigenvalue weighted by Gasteiger charge is -2.50. The fourth-order valence-electron chi connectivity index (χ4n) is 2.45. The van der Waals surface area contributed by atoms with E-state index in [1.165, 1.54) is 0 Å². The Bertz CT molecular complexity index is 889. The van der Waals surface area contributed by atoms with Crippen LogP contribution < -0.4 is 9.83 Å². The number of likely N-dealkylation sites (N-methyl/N-ethyl adjacent to an activating group) is 1. The van der Waals surface area contributed by atoms with Gasteiger partial charge in [0.1, 0.15) is 6.54 Å². The first kappa shape index (κ1) is 35.3. The number of halogens is 14. The summed E-state index contributed by atoms with van der Waals surface area (Å²) in [5, 5.41) is 10.3. The molecule has 0 radical (unpaired) electrons. The van der Waals surface area contributed by atoms with Gasteiger partial charge in [0.05, 0.1) is 26.6 Å². The standard InChI is InChI=1S/C7H2F13NO.C7H15FN2O4S/c8-1-2(9,10)3(11,12)21-4(13,14)6(17,18)22-7(19,20)5(21,15)16;1-10(2,6-7(11)12)5-3-4-9-15(8,13)14/h1H2;9H,3-6H2,1-2H3. The molecule has 37 heavy (non-hydrogen) atoms. The van der Waals surface area contributed by atoms with E-state index in [1.807, 2.05) is 0 Å². The van der Waals surface area contributed by atoms with E-state index in [2.05, 4.69) is 0 Å². The smallest absolute Gasteiger partial charge is 0.439 e. The number of alkyl halides is 13. The van der Waals surface area contributed by atoms with Gasteiger partial charge in [-0.25, -0.2) is 9.13 Å². The van der Waals surface area contributed by atoms with Gasteiger partial charge in [0.25, 0.3) is 0 Å². The Hall–Kier alpha value is -1.72. The van der Waals surface area contributed by atoms with Crippen molar-refractivity contribution in [1.82, 2.24) is 9.62 Å². The quantitative estimate of drug-likeness (QED) is 0.134. The zero-order valence-corrected chi connectivity index (χ0v) is 19.0. The molecule has 0 aromatic rings. The molecule has 1 aliphatic rings. The molecule has 0 spiro atoms. The fourth-order valence-corrected chi connectivity index (χ4v) is 2.83. The molecule has 0 atom stereocenters. The highest BCUT2D eigenvalue weighted by Gasteiger charge is 2.89. The van der Waals surface area contributed by atoms with Crippen molar-refractivity contribution in [2.24, 2.45) is 0 Å². The van der Waals surface area contributed by atoms with E-state index in [9.17, 15) is 79.3 Å². The van der Waals surface area contributed by atoms with Gasteiger partial charge in [0, 0.05) is 13.0 Å². The average Bonchev–Trinajstić information content (AvgIpc) is 2.61. The van der Waals surface area contributed by atoms with Gasteiger partial charge in [0.15, 0.2) is 6.67 Å². The predicted octanol–water partition coefficient (Wildman–Crippen LogP) is 1.89. The summed E-state index contributed by atoms with van der Waals surface area (Å²) in [6.45, 7) is -3.38. The second-order valence-electron chi connectivity index (χ2n) is 7.81. The molecule has 0 unspecified atom stereocenters. The molecule has 1 N–H and O–H groups in total. The number of nitrogens with one attached hydrogen (secondary N) is 1. The maximum absolute atomic E-state index is 13.0. The third-order valence-corrected chi connectivity index (χ3v) is 4.73. The number of quaternary nitrogens is 1. The van der Waals surface area contributed by atoms with Gasteiger partial charge in [-0.05, 0) is 0 Å². The van der Waals surface area contributed by atoms with E-state index in [0.29, 0.717) is 13.0 Å². The molecule has 8 nitrogen and oxygen atoms in total. The second-order valence-corrected chi connectivity index (χ2v) is 8.97. The monoisotopic (exact) mass is 605 g/mol. The molecule has 0 aromatic carbocycles. The van der Waals surface area contributed by atoms with Gasteiger partial charge in [0.2, 0.25) is 0 Å². The van der Waals surface area contributed by atoms with E-state index >= 15 is 0 Å². The van der Waals surface area contributed by atoms with Crippen molar-refractivity contribution in [2.75, 3.05) is 40.4 Å². The first-order valence-electron chi connectivity index (χ1n) is 9.05. The summed E-state index contributed by atoms with van der Waals surface area (Å²) in [6.07, 6.45) is -13.1. The van der Waals surface area contributed by atoms with E-state index in [4.69, 9.17) is 0 Å². The number of carboxylic acid groups (broad SMARTS) is 1. The van der Waals surface area contributed by atoms with Crippen LogP contribution in [-0.4, -0.2) is 100 Å². The highest BCUT2D eigenvalue weighted by molar-refractivity contribution is 7.84. The molecular weight excluding hydrogens is 588 g/mol. The largest absolute Gasteiger partial charge is 0.544 e. The van der Waals surface area contributed by atoms with Crippen molar-refractivity contribution in [1.29, 1.82) is 0 Å². The number of morpholine rings is 1. The average molecular weight is 605 g/mol. The fraction of sp³-hybridized carbons (Fsp3) is 0.929. The van der Waals surface area contributed by atoms with Gasteiger partial charge in [-0.1, -0.05) is 8.79 Å². The normalized spacial score (nSPS) is 21.6. The van der Waals surface area contributed by atoms with Gasteiger partial charge in [-0.3, -0.25) is 0 Å². The van der Waals surface area contributed by atoms with Crippen LogP contribution in [0.4, 0.5) is 61.0 Å².